The van der Waals surface area contributed by atoms with E-state index in [1.165, 1.54) is 17.4 Å². The number of hydrogen-bond acceptors (Lipinski definition) is 7. The van der Waals surface area contributed by atoms with Gasteiger partial charge in [-0.3, -0.25) is 0 Å². The van der Waals surface area contributed by atoms with Crippen molar-refractivity contribution in [1.82, 2.24) is 15.0 Å². The average Bonchev–Trinajstić information content (AvgIpc) is 3.21. The fourth-order valence-electron chi connectivity index (χ4n) is 2.74. The van der Waals surface area contributed by atoms with Crippen LogP contribution in [0.4, 0.5) is 22.0 Å². The summed E-state index contributed by atoms with van der Waals surface area (Å²) in [7, 11) is 0. The first-order chi connectivity index (χ1) is 14.6. The van der Waals surface area contributed by atoms with Crippen molar-refractivity contribution >= 4 is 40.6 Å². The molecular weight excluding hydrogens is 399 g/mol. The van der Waals surface area contributed by atoms with Gasteiger partial charge in [0.2, 0.25) is 11.9 Å². The zero-order valence-electron chi connectivity index (χ0n) is 15.6. The van der Waals surface area contributed by atoms with Gasteiger partial charge in [-0.05, 0) is 36.4 Å². The monoisotopic (exact) mass is 414 g/mol. The molecule has 0 saturated carbocycles. The van der Waals surface area contributed by atoms with Crippen molar-refractivity contribution in [3.8, 4) is 16.5 Å². The summed E-state index contributed by atoms with van der Waals surface area (Å²) in [5, 5.41) is 12.7. The first-order valence-corrected chi connectivity index (χ1v) is 9.74. The smallest absolute Gasteiger partial charge is 0.232 e. The molecule has 0 amide bonds. The van der Waals surface area contributed by atoms with Crippen LogP contribution in [0.25, 0.3) is 22.1 Å². The lowest BCUT2D eigenvalue weighted by molar-refractivity contribution is 0.631. The van der Waals surface area contributed by atoms with E-state index in [1.54, 1.807) is 24.3 Å². The summed E-state index contributed by atoms with van der Waals surface area (Å²) in [6.07, 6.45) is 1.65. The number of nitrogens with one attached hydrogen (secondary N) is 1. The normalized spacial score (nSPS) is 11.1. The molecule has 2 aromatic heterocycles. The highest BCUT2D eigenvalue weighted by molar-refractivity contribution is 7.16. The van der Waals surface area contributed by atoms with Crippen molar-refractivity contribution in [2.45, 2.75) is 0 Å². The van der Waals surface area contributed by atoms with E-state index in [1.807, 2.05) is 42.5 Å². The van der Waals surface area contributed by atoms with Crippen molar-refractivity contribution in [1.29, 1.82) is 5.26 Å². The van der Waals surface area contributed by atoms with E-state index in [0.29, 0.717) is 5.56 Å². The lowest BCUT2D eigenvalue weighted by atomic mass is 10.2. The Hall–Kier alpha value is -4.09. The van der Waals surface area contributed by atoms with E-state index in [0.717, 1.165) is 15.4 Å². The van der Waals surface area contributed by atoms with Crippen LogP contribution in [0.2, 0.25) is 0 Å². The van der Waals surface area contributed by atoms with Gasteiger partial charge in [0.25, 0.3) is 0 Å². The summed E-state index contributed by atoms with van der Waals surface area (Å²) in [5.74, 6) is 0.0995. The SMILES string of the molecule is N#C/C(=C\c1ccc(-c2ccccc2F)s1)c1nc(N)nc(Nc2ccccc2)n1. The number of nitriles is 1. The summed E-state index contributed by atoms with van der Waals surface area (Å²) in [4.78, 5) is 14.0. The Kier molecular flexibility index (Phi) is 5.46. The Labute approximate surface area is 176 Å². The van der Waals surface area contributed by atoms with Crippen molar-refractivity contribution < 1.29 is 4.39 Å². The van der Waals surface area contributed by atoms with Crippen LogP contribution in [0.5, 0.6) is 0 Å². The van der Waals surface area contributed by atoms with E-state index >= 15 is 0 Å². The summed E-state index contributed by atoms with van der Waals surface area (Å²) in [6.45, 7) is 0. The number of allylic oxidation sites excluding steroid dienone is 1. The van der Waals surface area contributed by atoms with Gasteiger partial charge in [0, 0.05) is 21.0 Å². The molecule has 6 nitrogen and oxygen atoms in total. The van der Waals surface area contributed by atoms with Crippen LogP contribution in [0.1, 0.15) is 10.7 Å². The Morgan fingerprint density at radius 3 is 2.53 bits per heavy atom. The summed E-state index contributed by atoms with van der Waals surface area (Å²) < 4.78 is 14.0. The van der Waals surface area contributed by atoms with E-state index in [4.69, 9.17) is 5.73 Å². The second-order valence-electron chi connectivity index (χ2n) is 6.18. The molecule has 0 aliphatic heterocycles. The molecule has 0 aliphatic rings. The molecule has 2 aromatic carbocycles. The third-order valence-corrected chi connectivity index (χ3v) is 5.16. The van der Waals surface area contributed by atoms with Crippen molar-refractivity contribution in [3.63, 3.8) is 0 Å². The third kappa shape index (κ3) is 4.32. The number of nitrogens with two attached hydrogens (primary N) is 1. The number of rotatable bonds is 5. The van der Waals surface area contributed by atoms with Crippen LogP contribution in [0.15, 0.2) is 66.7 Å². The molecule has 0 spiro atoms. The molecule has 4 aromatic rings. The van der Waals surface area contributed by atoms with Gasteiger partial charge < -0.3 is 11.1 Å². The minimum absolute atomic E-state index is 0.00203. The van der Waals surface area contributed by atoms with Crippen LogP contribution < -0.4 is 11.1 Å². The van der Waals surface area contributed by atoms with E-state index in [2.05, 4.69) is 26.3 Å². The maximum atomic E-state index is 14.0. The Morgan fingerprint density at radius 1 is 1.00 bits per heavy atom. The van der Waals surface area contributed by atoms with E-state index < -0.39 is 0 Å². The van der Waals surface area contributed by atoms with Gasteiger partial charge in [-0.15, -0.1) is 11.3 Å². The van der Waals surface area contributed by atoms with Crippen molar-refractivity contribution in [3.05, 3.63) is 83.2 Å². The van der Waals surface area contributed by atoms with Crippen LogP contribution >= 0.6 is 11.3 Å². The summed E-state index contributed by atoms with van der Waals surface area (Å²) in [6, 6.07) is 21.7. The molecule has 0 fully saturated rings. The molecule has 8 heteroatoms. The molecule has 2 heterocycles. The van der Waals surface area contributed by atoms with Gasteiger partial charge in [-0.25, -0.2) is 4.39 Å². The Morgan fingerprint density at radius 2 is 1.77 bits per heavy atom. The van der Waals surface area contributed by atoms with Crippen LogP contribution in [0, 0.1) is 17.1 Å². The Balaban J connectivity index is 1.65. The van der Waals surface area contributed by atoms with Crippen LogP contribution in [-0.4, -0.2) is 15.0 Å². The number of nitrogens with zero attached hydrogens (tertiary/aromatic N) is 4. The van der Waals surface area contributed by atoms with Crippen LogP contribution in [-0.2, 0) is 0 Å². The predicted molar refractivity (Wildman–Crippen MR) is 117 cm³/mol. The maximum Gasteiger partial charge on any atom is 0.232 e. The van der Waals surface area contributed by atoms with Gasteiger partial charge in [0.1, 0.15) is 11.9 Å². The number of anilines is 3. The molecule has 0 unspecified atom stereocenters. The predicted octanol–water partition coefficient (Wildman–Crippen LogP) is 5.13. The van der Waals surface area contributed by atoms with Gasteiger partial charge >= 0.3 is 0 Å². The molecule has 0 atom stereocenters. The standard InChI is InChI=1S/C22H15FN6S/c23-18-9-5-4-8-17(18)19-11-10-16(30-19)12-14(13-24)20-27-21(25)29-22(28-20)26-15-6-2-1-3-7-15/h1-12H,(H3,25,26,27,28,29)/b14-12+. The topological polar surface area (TPSA) is 101 Å². The third-order valence-electron chi connectivity index (χ3n) is 4.10. The van der Waals surface area contributed by atoms with Gasteiger partial charge in [-0.1, -0.05) is 36.4 Å². The lowest BCUT2D eigenvalue weighted by Gasteiger charge is -2.06. The lowest BCUT2D eigenvalue weighted by Crippen LogP contribution is -2.06. The minimum Gasteiger partial charge on any atom is -0.368 e. The highest BCUT2D eigenvalue weighted by Crippen LogP contribution is 2.32. The summed E-state index contributed by atoms with van der Waals surface area (Å²) in [5.41, 5.74) is 7.34. The molecular formula is C22H15FN6S. The quantitative estimate of drug-likeness (QED) is 0.439. The molecule has 30 heavy (non-hydrogen) atoms. The molecule has 0 aliphatic carbocycles. The fourth-order valence-corrected chi connectivity index (χ4v) is 3.72. The van der Waals surface area contributed by atoms with Crippen molar-refractivity contribution in [2.24, 2.45) is 0 Å². The maximum absolute atomic E-state index is 14.0. The molecule has 4 rings (SSSR count). The number of benzene rings is 2. The fraction of sp³-hybridized carbons (Fsp3) is 0. The molecule has 0 bridgehead atoms. The van der Waals surface area contributed by atoms with Crippen molar-refractivity contribution in [2.75, 3.05) is 11.1 Å². The van der Waals surface area contributed by atoms with E-state index in [9.17, 15) is 9.65 Å². The highest BCUT2D eigenvalue weighted by Gasteiger charge is 2.12. The second-order valence-corrected chi connectivity index (χ2v) is 7.30. The number of thiophene rings is 1. The zero-order chi connectivity index (χ0) is 20.9. The first-order valence-electron chi connectivity index (χ1n) is 8.93. The van der Waals surface area contributed by atoms with Gasteiger partial charge in [0.15, 0.2) is 5.82 Å². The minimum atomic E-state index is -0.294. The second kappa shape index (κ2) is 8.51. The number of para-hydroxylation sites is 1. The highest BCUT2D eigenvalue weighted by atomic mass is 32.1. The molecule has 0 saturated heterocycles. The molecule has 146 valence electrons. The van der Waals surface area contributed by atoms with Gasteiger partial charge in [-0.2, -0.15) is 20.2 Å². The largest absolute Gasteiger partial charge is 0.368 e. The zero-order valence-corrected chi connectivity index (χ0v) is 16.4. The number of halogens is 1. The van der Waals surface area contributed by atoms with Crippen LogP contribution in [0.3, 0.4) is 0 Å². The number of aromatic nitrogens is 3. The van der Waals surface area contributed by atoms with E-state index in [-0.39, 0.29) is 29.1 Å². The molecule has 3 N–H and O–H groups in total. The Bertz CT molecular complexity index is 1260. The number of nitrogen functional groups attached to an aromatic ring is 1. The average molecular weight is 414 g/mol. The van der Waals surface area contributed by atoms with Gasteiger partial charge in [0.05, 0.1) is 5.57 Å². The molecule has 0 radical (unpaired) electrons. The summed E-state index contributed by atoms with van der Waals surface area (Å²) >= 11 is 1.36. The number of hydrogen-bond donors (Lipinski definition) is 2. The first kappa shape index (κ1) is 19.2.